The first kappa shape index (κ1) is 15.8. The smallest absolute Gasteiger partial charge is 0.142 e. The van der Waals surface area contributed by atoms with Gasteiger partial charge in [-0.05, 0) is 43.9 Å². The van der Waals surface area contributed by atoms with Crippen LogP contribution in [0.2, 0.25) is 0 Å². The third kappa shape index (κ3) is 5.52. The Hall–Kier alpha value is -1.22. The molecule has 2 N–H and O–H groups in total. The van der Waals surface area contributed by atoms with Crippen molar-refractivity contribution in [1.29, 1.82) is 0 Å². The second-order valence-electron chi connectivity index (χ2n) is 6.81. The normalized spacial score (nSPS) is 12.5. The van der Waals surface area contributed by atoms with Gasteiger partial charge in [-0.3, -0.25) is 0 Å². The number of hydrogen-bond donors (Lipinski definition) is 1. The second-order valence-corrected chi connectivity index (χ2v) is 6.81. The van der Waals surface area contributed by atoms with Crippen molar-refractivity contribution in [2.24, 2.45) is 0 Å². The van der Waals surface area contributed by atoms with Crippen molar-refractivity contribution in [2.75, 3.05) is 18.9 Å². The van der Waals surface area contributed by atoms with Gasteiger partial charge >= 0.3 is 0 Å². The van der Waals surface area contributed by atoms with Crippen LogP contribution in [0.15, 0.2) is 18.2 Å². The zero-order valence-corrected chi connectivity index (χ0v) is 13.0. The Labute approximate surface area is 117 Å². The molecule has 1 aromatic rings. The van der Waals surface area contributed by atoms with Crippen LogP contribution in [0.25, 0.3) is 0 Å². The minimum atomic E-state index is -0.137. The average molecular weight is 265 g/mol. The van der Waals surface area contributed by atoms with Gasteiger partial charge in [0.15, 0.2) is 0 Å². The lowest BCUT2D eigenvalue weighted by atomic mass is 9.87. The van der Waals surface area contributed by atoms with E-state index in [-0.39, 0.29) is 11.0 Å². The van der Waals surface area contributed by atoms with E-state index in [2.05, 4.69) is 20.8 Å². The summed E-state index contributed by atoms with van der Waals surface area (Å²) in [6, 6.07) is 5.97. The molecule has 3 heteroatoms. The fourth-order valence-corrected chi connectivity index (χ4v) is 1.63. The summed E-state index contributed by atoms with van der Waals surface area (Å²) in [6.45, 7) is 13.7. The minimum absolute atomic E-state index is 0.0910. The fourth-order valence-electron chi connectivity index (χ4n) is 1.63. The molecule has 0 aliphatic heterocycles. The maximum Gasteiger partial charge on any atom is 0.142 e. The highest BCUT2D eigenvalue weighted by atomic mass is 16.5. The van der Waals surface area contributed by atoms with Crippen LogP contribution in [-0.4, -0.2) is 18.8 Å². The SMILES string of the molecule is CC(C)(C)OCCOc1cc(C(C)(C)C)ccc1N. The molecule has 0 saturated carbocycles. The van der Waals surface area contributed by atoms with Crippen LogP contribution in [0, 0.1) is 0 Å². The highest BCUT2D eigenvalue weighted by Gasteiger charge is 2.15. The van der Waals surface area contributed by atoms with E-state index in [1.165, 1.54) is 5.56 Å². The van der Waals surface area contributed by atoms with Crippen molar-refractivity contribution in [3.63, 3.8) is 0 Å². The van der Waals surface area contributed by atoms with Crippen LogP contribution >= 0.6 is 0 Å². The molecule has 0 atom stereocenters. The summed E-state index contributed by atoms with van der Waals surface area (Å²) in [5, 5.41) is 0. The highest BCUT2D eigenvalue weighted by Crippen LogP contribution is 2.29. The minimum Gasteiger partial charge on any atom is -0.489 e. The standard InChI is InChI=1S/C16H27NO2/c1-15(2,3)12-7-8-13(17)14(11-12)18-9-10-19-16(4,5)6/h7-8,11H,9-10,17H2,1-6H3. The fraction of sp³-hybridized carbons (Fsp3) is 0.625. The quantitative estimate of drug-likeness (QED) is 0.666. The molecule has 0 fully saturated rings. The van der Waals surface area contributed by atoms with E-state index in [1.54, 1.807) is 0 Å². The Morgan fingerprint density at radius 1 is 1.00 bits per heavy atom. The third-order valence-electron chi connectivity index (χ3n) is 2.76. The van der Waals surface area contributed by atoms with E-state index in [0.717, 1.165) is 5.75 Å². The Kier molecular flexibility index (Phi) is 4.86. The number of hydrogen-bond acceptors (Lipinski definition) is 3. The lowest BCUT2D eigenvalue weighted by Crippen LogP contribution is -2.22. The van der Waals surface area contributed by atoms with Crippen molar-refractivity contribution >= 4 is 5.69 Å². The van der Waals surface area contributed by atoms with Crippen LogP contribution in [-0.2, 0) is 10.2 Å². The number of rotatable bonds is 4. The van der Waals surface area contributed by atoms with E-state index in [4.69, 9.17) is 15.2 Å². The van der Waals surface area contributed by atoms with Crippen LogP contribution < -0.4 is 10.5 Å². The lowest BCUT2D eigenvalue weighted by molar-refractivity contribution is -0.0162. The number of anilines is 1. The van der Waals surface area contributed by atoms with E-state index in [0.29, 0.717) is 18.9 Å². The molecule has 0 saturated heterocycles. The summed E-state index contributed by atoms with van der Waals surface area (Å²) in [4.78, 5) is 0. The van der Waals surface area contributed by atoms with Crippen LogP contribution in [0.4, 0.5) is 5.69 Å². The molecule has 108 valence electrons. The van der Waals surface area contributed by atoms with Gasteiger partial charge in [0, 0.05) is 0 Å². The molecule has 0 amide bonds. The average Bonchev–Trinajstić information content (AvgIpc) is 2.23. The van der Waals surface area contributed by atoms with Gasteiger partial charge in [-0.1, -0.05) is 26.8 Å². The van der Waals surface area contributed by atoms with Crippen LogP contribution in [0.1, 0.15) is 47.1 Å². The maximum absolute atomic E-state index is 5.93. The molecule has 0 radical (unpaired) electrons. The summed E-state index contributed by atoms with van der Waals surface area (Å²) in [7, 11) is 0. The lowest BCUT2D eigenvalue weighted by Gasteiger charge is -2.22. The molecule has 19 heavy (non-hydrogen) atoms. The predicted molar refractivity (Wildman–Crippen MR) is 80.8 cm³/mol. The van der Waals surface area contributed by atoms with Gasteiger partial charge in [-0.25, -0.2) is 0 Å². The van der Waals surface area contributed by atoms with Gasteiger partial charge in [-0.2, -0.15) is 0 Å². The summed E-state index contributed by atoms with van der Waals surface area (Å²) in [5.74, 6) is 0.741. The van der Waals surface area contributed by atoms with Gasteiger partial charge in [-0.15, -0.1) is 0 Å². The third-order valence-corrected chi connectivity index (χ3v) is 2.76. The summed E-state index contributed by atoms with van der Waals surface area (Å²) in [5.41, 5.74) is 7.78. The Bertz CT molecular complexity index is 414. The van der Waals surface area contributed by atoms with Gasteiger partial charge in [0.1, 0.15) is 12.4 Å². The summed E-state index contributed by atoms with van der Waals surface area (Å²) >= 11 is 0. The largest absolute Gasteiger partial charge is 0.489 e. The molecule has 1 aromatic carbocycles. The second kappa shape index (κ2) is 5.83. The molecule has 1 rings (SSSR count). The maximum atomic E-state index is 5.93. The zero-order valence-electron chi connectivity index (χ0n) is 13.0. The molecule has 0 aromatic heterocycles. The van der Waals surface area contributed by atoms with E-state index < -0.39 is 0 Å². The van der Waals surface area contributed by atoms with Crippen LogP contribution in [0.5, 0.6) is 5.75 Å². The molecular formula is C16H27NO2. The summed E-state index contributed by atoms with van der Waals surface area (Å²) < 4.78 is 11.3. The van der Waals surface area contributed by atoms with Gasteiger partial charge < -0.3 is 15.2 Å². The monoisotopic (exact) mass is 265 g/mol. The van der Waals surface area contributed by atoms with Crippen molar-refractivity contribution in [1.82, 2.24) is 0 Å². The van der Waals surface area contributed by atoms with Crippen molar-refractivity contribution in [3.05, 3.63) is 23.8 Å². The first-order chi connectivity index (χ1) is 8.59. The van der Waals surface area contributed by atoms with Crippen molar-refractivity contribution < 1.29 is 9.47 Å². The molecule has 3 nitrogen and oxygen atoms in total. The van der Waals surface area contributed by atoms with Crippen molar-refractivity contribution in [3.8, 4) is 5.75 Å². The number of nitrogen functional groups attached to an aromatic ring is 1. The molecule has 0 aliphatic rings. The Balaban J connectivity index is 2.63. The molecule has 0 heterocycles. The molecule has 0 aliphatic carbocycles. The van der Waals surface area contributed by atoms with Crippen LogP contribution in [0.3, 0.4) is 0 Å². The molecule has 0 unspecified atom stereocenters. The first-order valence-corrected chi connectivity index (χ1v) is 6.76. The summed E-state index contributed by atoms with van der Waals surface area (Å²) in [6.07, 6.45) is 0. The number of ether oxygens (including phenoxy) is 2. The van der Waals surface area contributed by atoms with E-state index in [1.807, 2.05) is 39.0 Å². The van der Waals surface area contributed by atoms with Gasteiger partial charge in [0.2, 0.25) is 0 Å². The Morgan fingerprint density at radius 3 is 2.16 bits per heavy atom. The highest BCUT2D eigenvalue weighted by molar-refractivity contribution is 5.54. The predicted octanol–water partition coefficient (Wildman–Crippen LogP) is 3.76. The van der Waals surface area contributed by atoms with Gasteiger partial charge in [0.05, 0.1) is 17.9 Å². The number of nitrogens with two attached hydrogens (primary N) is 1. The number of benzene rings is 1. The zero-order chi connectivity index (χ0) is 14.7. The topological polar surface area (TPSA) is 44.5 Å². The molecule has 0 spiro atoms. The van der Waals surface area contributed by atoms with E-state index >= 15 is 0 Å². The Morgan fingerprint density at radius 2 is 1.63 bits per heavy atom. The molecule has 0 bridgehead atoms. The van der Waals surface area contributed by atoms with Gasteiger partial charge in [0.25, 0.3) is 0 Å². The van der Waals surface area contributed by atoms with E-state index in [9.17, 15) is 0 Å². The first-order valence-electron chi connectivity index (χ1n) is 6.76. The molecular weight excluding hydrogens is 238 g/mol. The van der Waals surface area contributed by atoms with Crippen molar-refractivity contribution in [2.45, 2.75) is 52.6 Å².